The SMILES string of the molecule is NC(CCC(=O)NC(CS)C(=O)NCC(=O)O)C(=O)O.NC(CS)C(=O)O.S. The Balaban J connectivity index is -0.000000665. The number of hydrogen-bond acceptors (Lipinski definition) is 9. The van der Waals surface area contributed by atoms with E-state index in [1.165, 1.54) is 0 Å². The van der Waals surface area contributed by atoms with Crippen LogP contribution in [0.25, 0.3) is 0 Å². The van der Waals surface area contributed by atoms with Crippen molar-refractivity contribution in [1.82, 2.24) is 10.6 Å². The maximum Gasteiger partial charge on any atom is 0.322 e. The molecule has 3 atom stereocenters. The Morgan fingerprint density at radius 1 is 0.893 bits per heavy atom. The average molecular weight is 463 g/mol. The molecule has 0 saturated carbocycles. The van der Waals surface area contributed by atoms with E-state index in [1.54, 1.807) is 0 Å². The summed E-state index contributed by atoms with van der Waals surface area (Å²) < 4.78 is 0. The zero-order valence-electron chi connectivity index (χ0n) is 14.7. The van der Waals surface area contributed by atoms with E-state index in [0.717, 1.165) is 0 Å². The highest BCUT2D eigenvalue weighted by Crippen LogP contribution is 1.97. The minimum absolute atomic E-state index is 0. The minimum atomic E-state index is -1.22. The molecule has 0 aliphatic heterocycles. The van der Waals surface area contributed by atoms with Gasteiger partial charge in [0, 0.05) is 17.9 Å². The Kier molecular flexibility index (Phi) is 19.3. The van der Waals surface area contributed by atoms with E-state index < -0.39 is 54.4 Å². The van der Waals surface area contributed by atoms with Gasteiger partial charge in [0.15, 0.2) is 0 Å². The minimum Gasteiger partial charge on any atom is -0.480 e. The fourth-order valence-corrected chi connectivity index (χ4v) is 1.65. The zero-order valence-corrected chi connectivity index (χ0v) is 17.5. The lowest BCUT2D eigenvalue weighted by molar-refractivity contribution is -0.139. The highest BCUT2D eigenvalue weighted by atomic mass is 32.1. The van der Waals surface area contributed by atoms with Gasteiger partial charge in [-0.1, -0.05) is 0 Å². The molecule has 15 heteroatoms. The van der Waals surface area contributed by atoms with Gasteiger partial charge in [0.25, 0.3) is 0 Å². The second-order valence-electron chi connectivity index (χ2n) is 5.02. The molecular formula is C13H26N4O8S3. The Morgan fingerprint density at radius 3 is 1.71 bits per heavy atom. The number of nitrogens with two attached hydrogens (primary N) is 2. The topological polar surface area (TPSA) is 222 Å². The van der Waals surface area contributed by atoms with Gasteiger partial charge in [0.1, 0.15) is 24.7 Å². The number of carbonyl (C=O) groups excluding carboxylic acids is 2. The predicted octanol–water partition coefficient (Wildman–Crippen LogP) is -2.77. The van der Waals surface area contributed by atoms with Crippen LogP contribution >= 0.6 is 38.8 Å². The lowest BCUT2D eigenvalue weighted by atomic mass is 10.1. The third-order valence-electron chi connectivity index (χ3n) is 2.76. The summed E-state index contributed by atoms with van der Waals surface area (Å²) in [4.78, 5) is 53.5. The van der Waals surface area contributed by atoms with Crippen molar-refractivity contribution < 1.29 is 39.3 Å². The van der Waals surface area contributed by atoms with Gasteiger partial charge in [-0.15, -0.1) is 0 Å². The maximum absolute atomic E-state index is 11.5. The molecule has 0 rings (SSSR count). The van der Waals surface area contributed by atoms with E-state index in [1.807, 2.05) is 0 Å². The van der Waals surface area contributed by atoms with Crippen molar-refractivity contribution in [2.24, 2.45) is 11.5 Å². The molecule has 0 aliphatic carbocycles. The summed E-state index contributed by atoms with van der Waals surface area (Å²) in [7, 11) is 0. The molecule has 28 heavy (non-hydrogen) atoms. The van der Waals surface area contributed by atoms with Gasteiger partial charge in [-0.25, -0.2) is 0 Å². The van der Waals surface area contributed by atoms with Gasteiger partial charge < -0.3 is 37.4 Å². The number of carbonyl (C=O) groups is 5. The number of nitrogens with one attached hydrogen (secondary N) is 2. The largest absolute Gasteiger partial charge is 0.480 e. The van der Waals surface area contributed by atoms with E-state index in [2.05, 4.69) is 35.9 Å². The molecule has 12 nitrogen and oxygen atoms in total. The summed E-state index contributed by atoms with van der Waals surface area (Å²) >= 11 is 7.52. The summed E-state index contributed by atoms with van der Waals surface area (Å²) in [6.45, 7) is -0.567. The maximum atomic E-state index is 11.5. The van der Waals surface area contributed by atoms with Gasteiger partial charge in [-0.2, -0.15) is 38.8 Å². The van der Waals surface area contributed by atoms with E-state index in [4.69, 9.17) is 26.8 Å². The number of aliphatic carboxylic acids is 3. The van der Waals surface area contributed by atoms with Crippen LogP contribution in [0, 0.1) is 0 Å². The lowest BCUT2D eigenvalue weighted by Crippen LogP contribution is -2.49. The zero-order chi connectivity index (χ0) is 21.6. The Morgan fingerprint density at radius 2 is 1.39 bits per heavy atom. The summed E-state index contributed by atoms with van der Waals surface area (Å²) in [5, 5.41) is 29.4. The highest BCUT2D eigenvalue weighted by molar-refractivity contribution is 7.80. The number of rotatable bonds is 11. The molecule has 164 valence electrons. The van der Waals surface area contributed by atoms with Crippen molar-refractivity contribution in [1.29, 1.82) is 0 Å². The number of carboxylic acids is 3. The summed E-state index contributed by atoms with van der Waals surface area (Å²) in [5.74, 6) is -4.52. The number of hydrogen-bond donors (Lipinski definition) is 9. The van der Waals surface area contributed by atoms with E-state index in [9.17, 15) is 24.0 Å². The first kappa shape index (κ1) is 31.0. The van der Waals surface area contributed by atoms with Crippen LogP contribution < -0.4 is 22.1 Å². The average Bonchev–Trinajstić information content (AvgIpc) is 2.61. The van der Waals surface area contributed by atoms with Crippen molar-refractivity contribution in [3.63, 3.8) is 0 Å². The second-order valence-corrected chi connectivity index (χ2v) is 5.76. The van der Waals surface area contributed by atoms with Crippen molar-refractivity contribution in [2.75, 3.05) is 18.1 Å². The van der Waals surface area contributed by atoms with Crippen molar-refractivity contribution >= 4 is 68.5 Å². The molecule has 0 aromatic carbocycles. The van der Waals surface area contributed by atoms with Crippen LogP contribution in [-0.2, 0) is 24.0 Å². The first-order valence-electron chi connectivity index (χ1n) is 7.43. The monoisotopic (exact) mass is 462 g/mol. The molecular weight excluding hydrogens is 436 g/mol. The number of amides is 2. The van der Waals surface area contributed by atoms with Gasteiger partial charge in [-0.05, 0) is 6.42 Å². The number of carboxylic acid groups (broad SMARTS) is 3. The van der Waals surface area contributed by atoms with Crippen LogP contribution in [0.2, 0.25) is 0 Å². The molecule has 3 unspecified atom stereocenters. The normalized spacial score (nSPS) is 12.7. The second kappa shape index (κ2) is 17.4. The molecule has 9 N–H and O–H groups in total. The van der Waals surface area contributed by atoms with Crippen molar-refractivity contribution in [3.8, 4) is 0 Å². The molecule has 0 aliphatic rings. The fourth-order valence-electron chi connectivity index (χ4n) is 1.23. The van der Waals surface area contributed by atoms with Crippen LogP contribution in [0.4, 0.5) is 0 Å². The summed E-state index contributed by atoms with van der Waals surface area (Å²) in [6, 6.07) is -2.97. The molecule has 0 fully saturated rings. The summed E-state index contributed by atoms with van der Waals surface area (Å²) in [6.07, 6.45) is -0.235. The van der Waals surface area contributed by atoms with Crippen molar-refractivity contribution in [2.45, 2.75) is 31.0 Å². The third-order valence-corrected chi connectivity index (χ3v) is 3.52. The van der Waals surface area contributed by atoms with Gasteiger partial charge in [0.05, 0.1) is 0 Å². The van der Waals surface area contributed by atoms with Crippen LogP contribution in [0.3, 0.4) is 0 Å². The van der Waals surface area contributed by atoms with E-state index in [-0.39, 0.29) is 37.8 Å². The van der Waals surface area contributed by atoms with Gasteiger partial charge >= 0.3 is 17.9 Å². The van der Waals surface area contributed by atoms with Crippen LogP contribution in [0.1, 0.15) is 12.8 Å². The van der Waals surface area contributed by atoms with Gasteiger partial charge in [0.2, 0.25) is 11.8 Å². The Hall–Kier alpha value is -1.68. The smallest absolute Gasteiger partial charge is 0.322 e. The van der Waals surface area contributed by atoms with E-state index in [0.29, 0.717) is 0 Å². The Bertz CT molecular complexity index is 538. The molecule has 0 aromatic heterocycles. The molecule has 0 saturated heterocycles. The van der Waals surface area contributed by atoms with Crippen LogP contribution in [0.15, 0.2) is 0 Å². The van der Waals surface area contributed by atoms with Crippen LogP contribution in [0.5, 0.6) is 0 Å². The third kappa shape index (κ3) is 16.5. The first-order valence-corrected chi connectivity index (χ1v) is 8.70. The molecule has 0 radical (unpaired) electrons. The predicted molar refractivity (Wildman–Crippen MR) is 111 cm³/mol. The fraction of sp³-hybridized carbons (Fsp3) is 0.615. The molecule has 0 bridgehead atoms. The van der Waals surface area contributed by atoms with Crippen molar-refractivity contribution in [3.05, 3.63) is 0 Å². The number of thiol groups is 2. The standard InChI is InChI=1S/C10H17N3O6S.C3H7NO2S.H2S/c11-5(10(18)19)1-2-7(14)13-6(4-20)9(17)12-3-8(15)16;4-2(1-7)3(5)6;/h5-6,20H,1-4,11H2,(H,12,17)(H,13,14)(H,15,16)(H,18,19);2,7H,1,4H2,(H,5,6);1H2. The molecule has 0 spiro atoms. The van der Waals surface area contributed by atoms with Gasteiger partial charge in [-0.3, -0.25) is 24.0 Å². The van der Waals surface area contributed by atoms with E-state index >= 15 is 0 Å². The molecule has 2 amide bonds. The first-order chi connectivity index (χ1) is 12.5. The highest BCUT2D eigenvalue weighted by Gasteiger charge is 2.20. The lowest BCUT2D eigenvalue weighted by Gasteiger charge is -2.16. The Labute approximate surface area is 179 Å². The quantitative estimate of drug-likeness (QED) is 0.144. The van der Waals surface area contributed by atoms with Crippen LogP contribution in [-0.4, -0.2) is 81.2 Å². The summed E-state index contributed by atoms with van der Waals surface area (Å²) in [5.41, 5.74) is 10.2. The molecule has 0 aromatic rings. The molecule has 0 heterocycles.